The Hall–Kier alpha value is -1.98. The molecule has 2 aromatic rings. The van der Waals surface area contributed by atoms with Gasteiger partial charge in [0.05, 0.1) is 0 Å². The van der Waals surface area contributed by atoms with Crippen LogP contribution in [0.2, 0.25) is 5.02 Å². The van der Waals surface area contributed by atoms with E-state index in [2.05, 4.69) is 0 Å². The fourth-order valence-electron chi connectivity index (χ4n) is 2.73. The number of allylic oxidation sites excluding steroid dienone is 4. The molecule has 0 saturated carbocycles. The third-order valence-electron chi connectivity index (χ3n) is 3.81. The molecule has 0 unspecified atom stereocenters. The van der Waals surface area contributed by atoms with Gasteiger partial charge in [0.1, 0.15) is 16.5 Å². The summed E-state index contributed by atoms with van der Waals surface area (Å²) in [6.07, 6.45) is 4.94. The van der Waals surface area contributed by atoms with Gasteiger partial charge < -0.3 is 0 Å². The molecule has 6 heteroatoms. The van der Waals surface area contributed by atoms with Crippen molar-refractivity contribution in [3.63, 3.8) is 0 Å². The van der Waals surface area contributed by atoms with Crippen LogP contribution in [0.15, 0.2) is 53.4 Å². The summed E-state index contributed by atoms with van der Waals surface area (Å²) in [5.41, 5.74) is 2.18. The number of benzene rings is 2. The minimum atomic E-state index is -3.83. The molecular formula is C18H13ClF2O2S. The predicted octanol–water partition coefficient (Wildman–Crippen LogP) is 4.89. The van der Waals surface area contributed by atoms with Crippen LogP contribution in [0.1, 0.15) is 17.5 Å². The van der Waals surface area contributed by atoms with E-state index < -0.39 is 26.4 Å². The van der Waals surface area contributed by atoms with E-state index in [1.165, 1.54) is 0 Å². The molecule has 0 radical (unpaired) electrons. The van der Waals surface area contributed by atoms with Crippen molar-refractivity contribution in [1.29, 1.82) is 0 Å². The molecule has 0 saturated heterocycles. The summed E-state index contributed by atoms with van der Waals surface area (Å²) in [5, 5.41) is 0.540. The van der Waals surface area contributed by atoms with Gasteiger partial charge in [0.2, 0.25) is 0 Å². The van der Waals surface area contributed by atoms with Gasteiger partial charge >= 0.3 is 0 Å². The van der Waals surface area contributed by atoms with E-state index in [1.807, 2.05) is 18.2 Å². The molecule has 0 bridgehead atoms. The standard InChI is InChI=1S/C18H13ClF2O2S/c1-24(22,23)18-10-16(20)15(9-17(18)21)14-7-3-6-13(14)11-4-2-5-12(19)8-11/h2-6,8-10H,7H2,1H3. The highest BCUT2D eigenvalue weighted by molar-refractivity contribution is 7.90. The van der Waals surface area contributed by atoms with Crippen LogP contribution in [-0.4, -0.2) is 14.7 Å². The van der Waals surface area contributed by atoms with Crippen LogP contribution < -0.4 is 0 Å². The lowest BCUT2D eigenvalue weighted by atomic mass is 9.96. The largest absolute Gasteiger partial charge is 0.224 e. The van der Waals surface area contributed by atoms with Crippen molar-refractivity contribution >= 4 is 32.6 Å². The lowest BCUT2D eigenvalue weighted by Crippen LogP contribution is -2.04. The van der Waals surface area contributed by atoms with Crippen LogP contribution >= 0.6 is 11.6 Å². The molecule has 24 heavy (non-hydrogen) atoms. The molecule has 0 N–H and O–H groups in total. The van der Waals surface area contributed by atoms with Crippen molar-refractivity contribution in [2.24, 2.45) is 0 Å². The van der Waals surface area contributed by atoms with Gasteiger partial charge in [-0.15, -0.1) is 0 Å². The number of rotatable bonds is 3. The zero-order valence-corrected chi connectivity index (χ0v) is 14.3. The van der Waals surface area contributed by atoms with Crippen molar-refractivity contribution in [1.82, 2.24) is 0 Å². The Morgan fingerprint density at radius 1 is 1.08 bits per heavy atom. The summed E-state index contributed by atoms with van der Waals surface area (Å²) in [7, 11) is -3.83. The van der Waals surface area contributed by atoms with Crippen LogP contribution in [0.25, 0.3) is 11.1 Å². The molecule has 124 valence electrons. The second-order valence-electron chi connectivity index (χ2n) is 5.54. The fraction of sp³-hybridized carbons (Fsp3) is 0.111. The van der Waals surface area contributed by atoms with Gasteiger partial charge in [0.25, 0.3) is 0 Å². The highest BCUT2D eigenvalue weighted by Gasteiger charge is 2.22. The molecule has 3 rings (SSSR count). The summed E-state index contributed by atoms with van der Waals surface area (Å²) in [6, 6.07) is 8.75. The SMILES string of the molecule is CS(=O)(=O)c1cc(F)c(C2=C(c3cccc(Cl)c3)C=CC2)cc1F. The van der Waals surface area contributed by atoms with E-state index in [0.717, 1.165) is 29.5 Å². The van der Waals surface area contributed by atoms with E-state index in [-0.39, 0.29) is 5.56 Å². The number of hydrogen-bond donors (Lipinski definition) is 0. The topological polar surface area (TPSA) is 34.1 Å². The van der Waals surface area contributed by atoms with E-state index in [1.54, 1.807) is 18.2 Å². The molecule has 1 aliphatic carbocycles. The van der Waals surface area contributed by atoms with Gasteiger partial charge in [-0.1, -0.05) is 35.9 Å². The Labute approximate surface area is 144 Å². The van der Waals surface area contributed by atoms with E-state index in [9.17, 15) is 17.2 Å². The van der Waals surface area contributed by atoms with Gasteiger partial charge in [0, 0.05) is 16.8 Å². The average molecular weight is 367 g/mol. The van der Waals surface area contributed by atoms with Gasteiger partial charge in [-0.25, -0.2) is 17.2 Å². The third-order valence-corrected chi connectivity index (χ3v) is 5.16. The first kappa shape index (κ1) is 16.9. The van der Waals surface area contributed by atoms with Crippen molar-refractivity contribution in [2.45, 2.75) is 11.3 Å². The predicted molar refractivity (Wildman–Crippen MR) is 91.5 cm³/mol. The zero-order chi connectivity index (χ0) is 17.5. The smallest absolute Gasteiger partial charge is 0.178 e. The maximum Gasteiger partial charge on any atom is 0.178 e. The van der Waals surface area contributed by atoms with Crippen LogP contribution in [0, 0.1) is 11.6 Å². The molecule has 0 heterocycles. The second kappa shape index (κ2) is 6.15. The lowest BCUT2D eigenvalue weighted by molar-refractivity contribution is 0.554. The maximum atomic E-state index is 14.5. The maximum absolute atomic E-state index is 14.5. The van der Waals surface area contributed by atoms with Crippen molar-refractivity contribution in [3.05, 3.63) is 76.3 Å². The molecule has 2 nitrogen and oxygen atoms in total. The normalized spacial score (nSPS) is 14.5. The molecular weight excluding hydrogens is 354 g/mol. The Bertz CT molecular complexity index is 992. The summed E-state index contributed by atoms with van der Waals surface area (Å²) in [6.45, 7) is 0. The summed E-state index contributed by atoms with van der Waals surface area (Å²) >= 11 is 6.00. The molecule has 0 spiro atoms. The van der Waals surface area contributed by atoms with Crippen LogP contribution in [0.3, 0.4) is 0 Å². The quantitative estimate of drug-likeness (QED) is 0.774. The molecule has 1 aliphatic rings. The van der Waals surface area contributed by atoms with Gasteiger partial charge in [0.15, 0.2) is 9.84 Å². The van der Waals surface area contributed by atoms with Crippen molar-refractivity contribution < 1.29 is 17.2 Å². The molecule has 0 atom stereocenters. The number of sulfone groups is 1. The second-order valence-corrected chi connectivity index (χ2v) is 7.96. The van der Waals surface area contributed by atoms with Crippen LogP contribution in [-0.2, 0) is 9.84 Å². The van der Waals surface area contributed by atoms with Gasteiger partial charge in [-0.3, -0.25) is 0 Å². The molecule has 2 aromatic carbocycles. The van der Waals surface area contributed by atoms with Gasteiger partial charge in [-0.2, -0.15) is 0 Å². The minimum Gasteiger partial charge on any atom is -0.224 e. The average Bonchev–Trinajstić information content (AvgIpc) is 2.97. The lowest BCUT2D eigenvalue weighted by Gasteiger charge is -2.11. The van der Waals surface area contributed by atoms with Crippen LogP contribution in [0.5, 0.6) is 0 Å². The Morgan fingerprint density at radius 3 is 2.50 bits per heavy atom. The van der Waals surface area contributed by atoms with Crippen molar-refractivity contribution in [2.75, 3.05) is 6.26 Å². The van der Waals surface area contributed by atoms with E-state index in [4.69, 9.17) is 11.6 Å². The van der Waals surface area contributed by atoms with Gasteiger partial charge in [-0.05, 0) is 47.4 Å². The zero-order valence-electron chi connectivity index (χ0n) is 12.7. The number of hydrogen-bond acceptors (Lipinski definition) is 2. The monoisotopic (exact) mass is 366 g/mol. The Kier molecular flexibility index (Phi) is 4.32. The van der Waals surface area contributed by atoms with E-state index in [0.29, 0.717) is 17.0 Å². The summed E-state index contributed by atoms with van der Waals surface area (Å²) in [5.74, 6) is -1.73. The first-order valence-electron chi connectivity index (χ1n) is 7.12. The van der Waals surface area contributed by atoms with E-state index >= 15 is 0 Å². The highest BCUT2D eigenvalue weighted by Crippen LogP contribution is 2.37. The Morgan fingerprint density at radius 2 is 1.83 bits per heavy atom. The Balaban J connectivity index is 2.18. The molecule has 0 fully saturated rings. The first-order valence-corrected chi connectivity index (χ1v) is 9.39. The van der Waals surface area contributed by atoms with Crippen molar-refractivity contribution in [3.8, 4) is 0 Å². The number of halogens is 3. The molecule has 0 aromatic heterocycles. The highest BCUT2D eigenvalue weighted by atomic mass is 35.5. The first-order chi connectivity index (χ1) is 11.3. The minimum absolute atomic E-state index is 0.0554. The van der Waals surface area contributed by atoms with Crippen LogP contribution in [0.4, 0.5) is 8.78 Å². The molecule has 0 amide bonds. The molecule has 0 aliphatic heterocycles. The summed E-state index contributed by atoms with van der Waals surface area (Å²) < 4.78 is 51.7. The summed E-state index contributed by atoms with van der Waals surface area (Å²) in [4.78, 5) is -0.639. The third kappa shape index (κ3) is 3.14. The fourth-order valence-corrected chi connectivity index (χ4v) is 3.65.